The van der Waals surface area contributed by atoms with E-state index in [0.29, 0.717) is 6.04 Å². The number of hydrogen-bond acceptors (Lipinski definition) is 4. The summed E-state index contributed by atoms with van der Waals surface area (Å²) < 4.78 is 5.27. The molecule has 1 aromatic rings. The fraction of sp³-hybridized carbons (Fsp3) is 0.588. The van der Waals surface area contributed by atoms with Gasteiger partial charge < -0.3 is 15.4 Å². The molecule has 0 aromatic heterocycles. The Hall–Kier alpha value is -1.20. The maximum absolute atomic E-state index is 11.8. The third kappa shape index (κ3) is 5.21. The molecule has 0 fully saturated rings. The van der Waals surface area contributed by atoms with Crippen molar-refractivity contribution in [3.05, 3.63) is 35.4 Å². The Labute approximate surface area is 137 Å². The summed E-state index contributed by atoms with van der Waals surface area (Å²) in [6, 6.07) is 8.93. The van der Waals surface area contributed by atoms with Gasteiger partial charge in [-0.2, -0.15) is 11.8 Å². The van der Waals surface area contributed by atoms with Crippen LogP contribution in [-0.2, 0) is 10.5 Å². The smallest absolute Gasteiger partial charge is 0.407 e. The monoisotopic (exact) mass is 322 g/mol. The Morgan fingerprint density at radius 3 is 2.86 bits per heavy atom. The second-order valence-electron chi connectivity index (χ2n) is 6.72. The zero-order valence-corrected chi connectivity index (χ0v) is 14.6. The molecule has 0 bridgehead atoms. The van der Waals surface area contributed by atoms with Gasteiger partial charge in [0, 0.05) is 30.1 Å². The molecule has 0 aliphatic carbocycles. The maximum Gasteiger partial charge on any atom is 0.407 e. The fourth-order valence-corrected chi connectivity index (χ4v) is 3.56. The first kappa shape index (κ1) is 17.2. The number of amides is 1. The Balaban J connectivity index is 1.82. The van der Waals surface area contributed by atoms with Crippen LogP contribution >= 0.6 is 11.8 Å². The van der Waals surface area contributed by atoms with Crippen LogP contribution < -0.4 is 10.6 Å². The minimum atomic E-state index is -0.462. The van der Waals surface area contributed by atoms with Crippen LogP contribution in [0.25, 0.3) is 0 Å². The van der Waals surface area contributed by atoms with Crippen molar-refractivity contribution in [3.63, 3.8) is 0 Å². The normalized spacial score (nSPS) is 19.2. The van der Waals surface area contributed by atoms with Gasteiger partial charge in [-0.1, -0.05) is 24.3 Å². The summed E-state index contributed by atoms with van der Waals surface area (Å²) in [6.45, 7) is 8.31. The van der Waals surface area contributed by atoms with Crippen molar-refractivity contribution >= 4 is 17.9 Å². The fourth-order valence-electron chi connectivity index (χ4n) is 2.43. The molecule has 2 rings (SSSR count). The Kier molecular flexibility index (Phi) is 5.75. The van der Waals surface area contributed by atoms with Crippen LogP contribution in [0.15, 0.2) is 24.3 Å². The first-order chi connectivity index (χ1) is 10.3. The highest BCUT2D eigenvalue weighted by Gasteiger charge is 2.21. The van der Waals surface area contributed by atoms with E-state index < -0.39 is 5.60 Å². The summed E-state index contributed by atoms with van der Waals surface area (Å²) in [5, 5.41) is 6.42. The highest BCUT2D eigenvalue weighted by molar-refractivity contribution is 7.98. The van der Waals surface area contributed by atoms with E-state index in [0.717, 1.165) is 18.1 Å². The average Bonchev–Trinajstić information content (AvgIpc) is 2.43. The van der Waals surface area contributed by atoms with Crippen LogP contribution in [0.5, 0.6) is 0 Å². The van der Waals surface area contributed by atoms with Gasteiger partial charge in [-0.3, -0.25) is 0 Å². The van der Waals surface area contributed by atoms with Crippen molar-refractivity contribution in [2.75, 3.05) is 12.3 Å². The van der Waals surface area contributed by atoms with Gasteiger partial charge in [0.2, 0.25) is 0 Å². The van der Waals surface area contributed by atoms with Crippen molar-refractivity contribution in [2.45, 2.75) is 51.1 Å². The molecule has 0 saturated carbocycles. The number of hydrogen-bond donors (Lipinski definition) is 2. The van der Waals surface area contributed by atoms with E-state index in [1.165, 1.54) is 11.1 Å². The largest absolute Gasteiger partial charge is 0.444 e. The summed E-state index contributed by atoms with van der Waals surface area (Å²) in [5.74, 6) is 2.15. The first-order valence-corrected chi connectivity index (χ1v) is 8.89. The Morgan fingerprint density at radius 1 is 1.41 bits per heavy atom. The Bertz CT molecular complexity index is 514. The highest BCUT2D eigenvalue weighted by atomic mass is 32.2. The minimum Gasteiger partial charge on any atom is -0.444 e. The number of fused-ring (bicyclic) bond motifs is 1. The van der Waals surface area contributed by atoms with Crippen LogP contribution in [0.3, 0.4) is 0 Å². The summed E-state index contributed by atoms with van der Waals surface area (Å²) in [7, 11) is 0. The molecule has 1 heterocycles. The molecule has 1 aliphatic rings. The van der Waals surface area contributed by atoms with Crippen molar-refractivity contribution in [1.82, 2.24) is 10.6 Å². The predicted octanol–water partition coefficient (Wildman–Crippen LogP) is 3.48. The van der Waals surface area contributed by atoms with Gasteiger partial charge in [0.05, 0.1) is 0 Å². The molecule has 1 aromatic carbocycles. The summed E-state index contributed by atoms with van der Waals surface area (Å²) in [4.78, 5) is 11.8. The highest BCUT2D eigenvalue weighted by Crippen LogP contribution is 2.31. The topological polar surface area (TPSA) is 50.4 Å². The number of rotatable bonds is 4. The molecule has 0 radical (unpaired) electrons. The van der Waals surface area contributed by atoms with Crippen molar-refractivity contribution in [2.24, 2.45) is 0 Å². The van der Waals surface area contributed by atoms with Gasteiger partial charge in [-0.25, -0.2) is 4.79 Å². The van der Waals surface area contributed by atoms with E-state index in [9.17, 15) is 4.79 Å². The van der Waals surface area contributed by atoms with E-state index in [2.05, 4.69) is 34.9 Å². The molecule has 0 spiro atoms. The van der Waals surface area contributed by atoms with Gasteiger partial charge in [0.15, 0.2) is 0 Å². The number of nitrogens with one attached hydrogen (secondary N) is 2. The molecule has 2 atom stereocenters. The lowest BCUT2D eigenvalue weighted by Gasteiger charge is -2.28. The maximum atomic E-state index is 11.8. The van der Waals surface area contributed by atoms with Crippen molar-refractivity contribution in [3.8, 4) is 0 Å². The number of alkyl carbamates (subject to hydrolysis) is 1. The summed E-state index contributed by atoms with van der Waals surface area (Å²) in [5.41, 5.74) is 2.32. The molecular weight excluding hydrogens is 296 g/mol. The lowest BCUT2D eigenvalue weighted by Crippen LogP contribution is -2.43. The lowest BCUT2D eigenvalue weighted by atomic mass is 10.0. The third-order valence-electron chi connectivity index (χ3n) is 3.41. The first-order valence-electron chi connectivity index (χ1n) is 7.73. The van der Waals surface area contributed by atoms with E-state index >= 15 is 0 Å². The van der Waals surface area contributed by atoms with E-state index in [4.69, 9.17) is 4.74 Å². The summed E-state index contributed by atoms with van der Waals surface area (Å²) in [6.07, 6.45) is -0.361. The van der Waals surface area contributed by atoms with Gasteiger partial charge in [0.25, 0.3) is 0 Å². The molecule has 1 aliphatic heterocycles. The minimum absolute atomic E-state index is 0.0222. The van der Waals surface area contributed by atoms with Gasteiger partial charge in [-0.05, 0) is 38.8 Å². The number of thioether (sulfide) groups is 1. The molecular formula is C17H26N2O2S. The molecule has 1 amide bonds. The van der Waals surface area contributed by atoms with Crippen LogP contribution in [0.2, 0.25) is 0 Å². The standard InChI is InChI=1S/C17H26N2O2S/c1-12(19-16(20)21-17(2,3)4)9-18-15-11-22-10-13-7-5-6-8-14(13)15/h5-8,12,15,18H,9-11H2,1-4H3,(H,19,20). The predicted molar refractivity (Wildman–Crippen MR) is 92.2 cm³/mol. The van der Waals surface area contributed by atoms with Gasteiger partial charge in [-0.15, -0.1) is 0 Å². The zero-order valence-electron chi connectivity index (χ0n) is 13.8. The van der Waals surface area contributed by atoms with Crippen LogP contribution in [0, 0.1) is 0 Å². The van der Waals surface area contributed by atoms with E-state index in [-0.39, 0.29) is 12.1 Å². The van der Waals surface area contributed by atoms with E-state index in [1.54, 1.807) is 0 Å². The van der Waals surface area contributed by atoms with Crippen molar-refractivity contribution < 1.29 is 9.53 Å². The lowest BCUT2D eigenvalue weighted by molar-refractivity contribution is 0.0508. The van der Waals surface area contributed by atoms with E-state index in [1.807, 2.05) is 39.5 Å². The molecule has 2 N–H and O–H groups in total. The quantitative estimate of drug-likeness (QED) is 0.891. The second-order valence-corrected chi connectivity index (χ2v) is 7.75. The number of ether oxygens (including phenoxy) is 1. The number of benzene rings is 1. The molecule has 5 heteroatoms. The second kappa shape index (κ2) is 7.38. The molecule has 122 valence electrons. The third-order valence-corrected chi connectivity index (χ3v) is 4.49. The number of carbonyl (C=O) groups excluding carboxylic acids is 1. The van der Waals surface area contributed by atoms with Gasteiger partial charge in [0.1, 0.15) is 5.60 Å². The molecule has 22 heavy (non-hydrogen) atoms. The van der Waals surface area contributed by atoms with Gasteiger partial charge >= 0.3 is 6.09 Å². The van der Waals surface area contributed by atoms with Crippen LogP contribution in [-0.4, -0.2) is 30.0 Å². The molecule has 0 saturated heterocycles. The molecule has 2 unspecified atom stereocenters. The van der Waals surface area contributed by atoms with Crippen molar-refractivity contribution in [1.29, 1.82) is 0 Å². The average molecular weight is 322 g/mol. The van der Waals surface area contributed by atoms with Crippen LogP contribution in [0.4, 0.5) is 4.79 Å². The Morgan fingerprint density at radius 2 is 2.14 bits per heavy atom. The van der Waals surface area contributed by atoms with Crippen LogP contribution in [0.1, 0.15) is 44.9 Å². The molecule has 4 nitrogen and oxygen atoms in total. The summed E-state index contributed by atoms with van der Waals surface area (Å²) >= 11 is 1.94. The number of carbonyl (C=O) groups is 1. The zero-order chi connectivity index (χ0) is 16.2. The SMILES string of the molecule is CC(CNC1CSCc2ccccc21)NC(=O)OC(C)(C)C.